The molecule has 0 spiro atoms. The molecule has 0 saturated heterocycles. The monoisotopic (exact) mass is 579 g/mol. The Morgan fingerprint density at radius 1 is 0.632 bits per heavy atom. The zero-order valence-corrected chi connectivity index (χ0v) is 25.6. The molecule has 0 aliphatic heterocycles. The van der Waals surface area contributed by atoms with E-state index in [4.69, 9.17) is 31.8 Å². The molecular formula is C29H51ClKN3O4. The first-order valence-electron chi connectivity index (χ1n) is 10.7. The van der Waals surface area contributed by atoms with Gasteiger partial charge in [0.2, 0.25) is 0 Å². The smallest absolute Gasteiger partial charge is 1.00 e. The summed E-state index contributed by atoms with van der Waals surface area (Å²) in [6.45, 7) is 4.32. The second-order valence-electron chi connectivity index (χ2n) is 6.18. The van der Waals surface area contributed by atoms with Gasteiger partial charge in [0.15, 0.2) is 14.1 Å². The van der Waals surface area contributed by atoms with E-state index in [1.807, 2.05) is 42.5 Å². The summed E-state index contributed by atoms with van der Waals surface area (Å²) in [5.74, 6) is 0.612. The van der Waals surface area contributed by atoms with Gasteiger partial charge in [-0.15, -0.1) is 11.6 Å². The molecule has 3 aromatic carbocycles. The fourth-order valence-corrected chi connectivity index (χ4v) is 2.17. The number of aryl methyl sites for hydroxylation is 2. The van der Waals surface area contributed by atoms with Crippen molar-refractivity contribution in [1.29, 1.82) is 0 Å². The summed E-state index contributed by atoms with van der Waals surface area (Å²) in [4.78, 5) is 16.6. The average molecular weight is 580 g/mol. The molecule has 2 N–H and O–H groups in total. The first-order chi connectivity index (χ1) is 16.3. The Labute approximate surface area is 281 Å². The largest absolute Gasteiger partial charge is 1.00 e. The second kappa shape index (κ2) is 42.4. The van der Waals surface area contributed by atoms with Crippen LogP contribution in [0.1, 0.15) is 54.2 Å². The van der Waals surface area contributed by atoms with Crippen molar-refractivity contribution in [3.63, 3.8) is 0 Å². The van der Waals surface area contributed by atoms with Crippen molar-refractivity contribution in [1.82, 2.24) is 0 Å². The molecule has 0 saturated carbocycles. The van der Waals surface area contributed by atoms with E-state index in [0.717, 1.165) is 26.9 Å². The molecule has 7 nitrogen and oxygen atoms in total. The zero-order chi connectivity index (χ0) is 26.6. The number of nitrogens with two attached hydrogens (primary N) is 1. The van der Waals surface area contributed by atoms with E-state index in [0.29, 0.717) is 5.88 Å². The van der Waals surface area contributed by atoms with E-state index in [2.05, 4.69) is 68.1 Å². The minimum absolute atomic E-state index is 0. The standard InChI is InChI=1S/2C8H10.C7H7Cl.2CH3NO2.CH5N.3CH4.K.H/c2*1-2-8-6-4-3-5-7-8;8-6-7-4-2-1-3-5-7;2*1-2(3)4;1-2;;;;;/h2*3-7H,2H2,1H3;1-5H,6H2;2*1H3;2H2,1H3;3*1H4;;/q;;;;;;;;;+1;-1. The van der Waals surface area contributed by atoms with Crippen LogP contribution in [-0.2, 0) is 18.7 Å². The van der Waals surface area contributed by atoms with Crippen molar-refractivity contribution in [3.05, 3.63) is 128 Å². The summed E-state index contributed by atoms with van der Waals surface area (Å²) in [5, 5.41) is 17.6. The van der Waals surface area contributed by atoms with Gasteiger partial charge in [0.05, 0.1) is 0 Å². The van der Waals surface area contributed by atoms with E-state index >= 15 is 0 Å². The fourth-order valence-electron chi connectivity index (χ4n) is 1.99. The second-order valence-corrected chi connectivity index (χ2v) is 6.44. The molecule has 3 rings (SSSR count). The molecule has 0 radical (unpaired) electrons. The van der Waals surface area contributed by atoms with Gasteiger partial charge in [-0.3, -0.25) is 20.2 Å². The Balaban J connectivity index is -0.0000000503. The minimum Gasteiger partial charge on any atom is -1.00 e. The Hall–Kier alpha value is -1.65. The van der Waals surface area contributed by atoms with E-state index in [9.17, 15) is 0 Å². The molecule has 0 amide bonds. The molecule has 0 unspecified atom stereocenters. The predicted octanol–water partition coefficient (Wildman–Crippen LogP) is 5.31. The Kier molecular flexibility index (Phi) is 58.9. The van der Waals surface area contributed by atoms with E-state index < -0.39 is 9.85 Å². The maximum absolute atomic E-state index is 8.81. The fraction of sp³-hybridized carbons (Fsp3) is 0.379. The maximum Gasteiger partial charge on any atom is 1.00 e. The van der Waals surface area contributed by atoms with Crippen molar-refractivity contribution >= 4 is 11.6 Å². The van der Waals surface area contributed by atoms with Crippen molar-refractivity contribution in [2.24, 2.45) is 5.73 Å². The summed E-state index contributed by atoms with van der Waals surface area (Å²) in [6.07, 6.45) is 2.28. The van der Waals surface area contributed by atoms with Gasteiger partial charge in [-0.05, 0) is 36.6 Å². The van der Waals surface area contributed by atoms with Gasteiger partial charge < -0.3 is 7.16 Å². The quantitative estimate of drug-likeness (QED) is 0.195. The van der Waals surface area contributed by atoms with Crippen LogP contribution in [0, 0.1) is 20.2 Å². The minimum atomic E-state index is -0.500. The molecule has 214 valence electrons. The van der Waals surface area contributed by atoms with Crippen molar-refractivity contribution in [2.45, 2.75) is 54.8 Å². The summed E-state index contributed by atoms with van der Waals surface area (Å²) in [7, 11) is 3.28. The number of rotatable bonds is 3. The topological polar surface area (TPSA) is 112 Å². The van der Waals surface area contributed by atoms with Gasteiger partial charge >= 0.3 is 51.4 Å². The van der Waals surface area contributed by atoms with Crippen LogP contribution in [-0.4, -0.2) is 31.0 Å². The molecule has 0 bridgehead atoms. The van der Waals surface area contributed by atoms with Gasteiger partial charge in [-0.2, -0.15) is 0 Å². The van der Waals surface area contributed by atoms with Crippen molar-refractivity contribution in [3.8, 4) is 0 Å². The number of nitrogens with zero attached hydrogens (tertiary/aromatic N) is 2. The number of alkyl halides is 1. The van der Waals surface area contributed by atoms with Crippen molar-refractivity contribution in [2.75, 3.05) is 21.1 Å². The molecular weight excluding hydrogens is 529 g/mol. The Bertz CT molecular complexity index is 722. The predicted molar refractivity (Wildman–Crippen MR) is 165 cm³/mol. The Morgan fingerprint density at radius 3 is 0.921 bits per heavy atom. The number of halogens is 1. The third-order valence-electron chi connectivity index (χ3n) is 3.50. The van der Waals surface area contributed by atoms with Gasteiger partial charge in [0.1, 0.15) is 0 Å². The van der Waals surface area contributed by atoms with Crippen LogP contribution in [0.25, 0.3) is 0 Å². The Morgan fingerprint density at radius 2 is 0.816 bits per heavy atom. The third-order valence-corrected chi connectivity index (χ3v) is 3.81. The van der Waals surface area contributed by atoms with Crippen LogP contribution >= 0.6 is 11.6 Å². The molecule has 0 aliphatic carbocycles. The van der Waals surface area contributed by atoms with Crippen LogP contribution in [0.15, 0.2) is 91.0 Å². The van der Waals surface area contributed by atoms with E-state index in [-0.39, 0.29) is 75.1 Å². The molecule has 3 aromatic rings. The molecule has 38 heavy (non-hydrogen) atoms. The molecule has 0 heterocycles. The van der Waals surface area contributed by atoms with Gasteiger partial charge in [-0.1, -0.05) is 127 Å². The molecule has 0 atom stereocenters. The van der Waals surface area contributed by atoms with Crippen LogP contribution in [0.3, 0.4) is 0 Å². The number of benzene rings is 3. The van der Waals surface area contributed by atoms with Crippen LogP contribution in [0.4, 0.5) is 0 Å². The molecule has 0 aliphatic rings. The summed E-state index contributed by atoms with van der Waals surface area (Å²) >= 11 is 5.53. The van der Waals surface area contributed by atoms with Crippen LogP contribution in [0.2, 0.25) is 0 Å². The van der Waals surface area contributed by atoms with E-state index in [1.54, 1.807) is 0 Å². The van der Waals surface area contributed by atoms with Gasteiger partial charge in [-0.25, -0.2) is 0 Å². The summed E-state index contributed by atoms with van der Waals surface area (Å²) in [6, 6.07) is 30.9. The van der Waals surface area contributed by atoms with Gasteiger partial charge in [0.25, 0.3) is 0 Å². The summed E-state index contributed by atoms with van der Waals surface area (Å²) in [5.41, 5.74) is 8.49. The first-order valence-corrected chi connectivity index (χ1v) is 11.2. The molecule has 9 heteroatoms. The average Bonchev–Trinajstić information content (AvgIpc) is 2.87. The zero-order valence-electron chi connectivity index (χ0n) is 22.8. The number of hydrogen-bond acceptors (Lipinski definition) is 5. The van der Waals surface area contributed by atoms with Gasteiger partial charge in [0, 0.05) is 15.7 Å². The van der Waals surface area contributed by atoms with E-state index in [1.165, 1.54) is 23.7 Å². The number of nitro groups is 2. The number of hydrogen-bond donors (Lipinski definition) is 1. The summed E-state index contributed by atoms with van der Waals surface area (Å²) < 4.78 is 0. The van der Waals surface area contributed by atoms with Crippen LogP contribution in [0.5, 0.6) is 0 Å². The normalized spacial score (nSPS) is 7.24. The van der Waals surface area contributed by atoms with Crippen LogP contribution < -0.4 is 57.1 Å². The maximum atomic E-state index is 8.81. The third kappa shape index (κ3) is 47.5. The first kappa shape index (κ1) is 52.7. The SMILES string of the molecule is C.C.C.CCc1ccccc1.CCc1ccccc1.CN.C[N+](=O)[O-].C[N+](=O)[O-].ClCc1ccccc1.[H-].[K+]. The molecule has 0 aromatic heterocycles. The van der Waals surface area contributed by atoms with Crippen molar-refractivity contribution < 1.29 is 62.7 Å². The molecule has 0 fully saturated rings.